The van der Waals surface area contributed by atoms with Crippen LogP contribution in [0.1, 0.15) is 27.2 Å². The summed E-state index contributed by atoms with van der Waals surface area (Å²) in [6.07, 6.45) is 2.67. The van der Waals surface area contributed by atoms with Crippen LogP contribution in [0.15, 0.2) is 0 Å². The van der Waals surface area contributed by atoms with E-state index in [1.54, 1.807) is 0 Å². The number of nitrogens with one attached hydrogen (secondary N) is 3. The average Bonchev–Trinajstić information content (AvgIpc) is 3.22. The van der Waals surface area contributed by atoms with Gasteiger partial charge in [0, 0.05) is 4.88 Å². The molecule has 3 rings (SSSR count). The van der Waals surface area contributed by atoms with Crippen molar-refractivity contribution in [2.45, 2.75) is 19.3 Å². The molecule has 1 aliphatic heterocycles. The quantitative estimate of drug-likeness (QED) is 0.448. The third-order valence-electron chi connectivity index (χ3n) is 4.71. The van der Waals surface area contributed by atoms with Crippen molar-refractivity contribution >= 4 is 34.1 Å². The van der Waals surface area contributed by atoms with Gasteiger partial charge in [-0.3, -0.25) is 9.59 Å². The average molecular weight is 382 g/mol. The molecule has 2 aliphatic rings. The van der Waals surface area contributed by atoms with Gasteiger partial charge in [-0.05, 0) is 24.8 Å². The van der Waals surface area contributed by atoms with Crippen LogP contribution < -0.4 is 15.5 Å². The van der Waals surface area contributed by atoms with Crippen molar-refractivity contribution in [3.8, 4) is 0 Å². The number of hydrogen-bond acceptors (Lipinski definition) is 6. The predicted molar refractivity (Wildman–Crippen MR) is 95.7 cm³/mol. The Labute approximate surface area is 155 Å². The maximum absolute atomic E-state index is 12.2. The number of rotatable bonds is 5. The third-order valence-corrected chi connectivity index (χ3v) is 5.92. The molecule has 142 valence electrons. The van der Waals surface area contributed by atoms with Crippen molar-refractivity contribution < 1.29 is 28.8 Å². The Hall–Kier alpha value is -1.97. The first-order valence-corrected chi connectivity index (χ1v) is 9.65. The summed E-state index contributed by atoms with van der Waals surface area (Å²) < 4.78 is 10.1. The number of methoxy groups -OCH3 is 1. The van der Waals surface area contributed by atoms with E-state index >= 15 is 0 Å². The molecule has 1 aromatic heterocycles. The van der Waals surface area contributed by atoms with Crippen molar-refractivity contribution in [1.29, 1.82) is 0 Å². The molecule has 2 amide bonds. The van der Waals surface area contributed by atoms with Crippen molar-refractivity contribution in [3.05, 3.63) is 16.0 Å². The molecule has 9 heteroatoms. The standard InChI is InChI=1S/C17H23N3O5S/c1-24-17(23)13-11-3-2-4-12(11)26-16(13)19-15(22)14(21)18-5-6-20-7-9-25-10-8-20/h2-10H2,1H3,(H,18,21)(H,19,22)/p+1. The summed E-state index contributed by atoms with van der Waals surface area (Å²) >= 11 is 1.35. The molecular formula is C17H24N3O5S+. The number of quaternary nitrogens is 1. The summed E-state index contributed by atoms with van der Waals surface area (Å²) in [5, 5.41) is 5.62. The second-order valence-corrected chi connectivity index (χ2v) is 7.48. The van der Waals surface area contributed by atoms with E-state index in [4.69, 9.17) is 9.47 Å². The van der Waals surface area contributed by atoms with Gasteiger partial charge >= 0.3 is 17.8 Å². The van der Waals surface area contributed by atoms with Crippen LogP contribution in [0.2, 0.25) is 0 Å². The van der Waals surface area contributed by atoms with Crippen molar-refractivity contribution in [3.63, 3.8) is 0 Å². The van der Waals surface area contributed by atoms with Gasteiger partial charge < -0.3 is 25.0 Å². The monoisotopic (exact) mass is 382 g/mol. The summed E-state index contributed by atoms with van der Waals surface area (Å²) in [5.74, 6) is -1.93. The van der Waals surface area contributed by atoms with Crippen LogP contribution in [0.3, 0.4) is 0 Å². The number of amides is 2. The van der Waals surface area contributed by atoms with Crippen LogP contribution in [0.25, 0.3) is 0 Å². The van der Waals surface area contributed by atoms with Crippen LogP contribution in [0.5, 0.6) is 0 Å². The number of ether oxygens (including phenoxy) is 2. The summed E-state index contributed by atoms with van der Waals surface area (Å²) in [7, 11) is 1.31. The Morgan fingerprint density at radius 1 is 1.19 bits per heavy atom. The van der Waals surface area contributed by atoms with Gasteiger partial charge in [0.1, 0.15) is 18.1 Å². The zero-order valence-electron chi connectivity index (χ0n) is 14.8. The summed E-state index contributed by atoms with van der Waals surface area (Å²) in [6, 6.07) is 0. The molecule has 1 aliphatic carbocycles. The molecule has 0 radical (unpaired) electrons. The van der Waals surface area contributed by atoms with Crippen LogP contribution >= 0.6 is 11.3 Å². The Bertz CT molecular complexity index is 697. The second-order valence-electron chi connectivity index (χ2n) is 6.38. The molecule has 26 heavy (non-hydrogen) atoms. The normalized spacial score (nSPS) is 16.8. The molecule has 3 N–H and O–H groups in total. The smallest absolute Gasteiger partial charge is 0.341 e. The Kier molecular flexibility index (Phi) is 6.23. The Morgan fingerprint density at radius 2 is 1.96 bits per heavy atom. The third kappa shape index (κ3) is 4.22. The maximum Gasteiger partial charge on any atom is 0.341 e. The van der Waals surface area contributed by atoms with E-state index in [9.17, 15) is 14.4 Å². The van der Waals surface area contributed by atoms with Gasteiger partial charge in [-0.2, -0.15) is 0 Å². The van der Waals surface area contributed by atoms with E-state index in [0.29, 0.717) is 17.1 Å². The first-order valence-electron chi connectivity index (χ1n) is 8.83. The van der Waals surface area contributed by atoms with Crippen molar-refractivity contribution in [2.24, 2.45) is 0 Å². The molecule has 0 saturated carbocycles. The zero-order chi connectivity index (χ0) is 18.5. The molecule has 0 atom stereocenters. The van der Waals surface area contributed by atoms with Crippen LogP contribution in [0, 0.1) is 0 Å². The van der Waals surface area contributed by atoms with Crippen LogP contribution in [-0.4, -0.2) is 64.3 Å². The highest BCUT2D eigenvalue weighted by molar-refractivity contribution is 7.17. The summed E-state index contributed by atoms with van der Waals surface area (Å²) in [5.41, 5.74) is 1.33. The van der Waals surface area contributed by atoms with E-state index < -0.39 is 17.8 Å². The molecule has 1 aromatic rings. The highest BCUT2D eigenvalue weighted by Crippen LogP contribution is 2.39. The summed E-state index contributed by atoms with van der Waals surface area (Å²) in [4.78, 5) is 38.7. The van der Waals surface area contributed by atoms with Gasteiger partial charge in [0.25, 0.3) is 0 Å². The van der Waals surface area contributed by atoms with Crippen molar-refractivity contribution in [1.82, 2.24) is 5.32 Å². The molecule has 2 heterocycles. The minimum atomic E-state index is -0.757. The lowest BCUT2D eigenvalue weighted by Crippen LogP contribution is -3.14. The van der Waals surface area contributed by atoms with Crippen molar-refractivity contribution in [2.75, 3.05) is 51.8 Å². The van der Waals surface area contributed by atoms with Crippen LogP contribution in [-0.2, 0) is 31.9 Å². The Morgan fingerprint density at radius 3 is 2.69 bits per heavy atom. The predicted octanol–water partition coefficient (Wildman–Crippen LogP) is -1.01. The number of thiophene rings is 1. The fraction of sp³-hybridized carbons (Fsp3) is 0.588. The van der Waals surface area contributed by atoms with Gasteiger partial charge in [0.15, 0.2) is 0 Å². The lowest BCUT2D eigenvalue weighted by atomic mass is 10.1. The maximum atomic E-state index is 12.2. The summed E-state index contributed by atoms with van der Waals surface area (Å²) in [6.45, 7) is 4.44. The number of morpholine rings is 1. The number of anilines is 1. The lowest BCUT2D eigenvalue weighted by molar-refractivity contribution is -0.906. The second kappa shape index (κ2) is 8.61. The number of fused-ring (bicyclic) bond motifs is 1. The fourth-order valence-electron chi connectivity index (χ4n) is 3.31. The number of carbonyl (C=O) groups is 3. The molecule has 0 unspecified atom stereocenters. The molecule has 1 fully saturated rings. The van der Waals surface area contributed by atoms with Gasteiger partial charge in [0.05, 0.1) is 39.0 Å². The number of hydrogen-bond donors (Lipinski definition) is 3. The fourth-order valence-corrected chi connectivity index (χ4v) is 4.59. The molecule has 0 bridgehead atoms. The number of carbonyl (C=O) groups excluding carboxylic acids is 3. The molecule has 0 spiro atoms. The molecule has 0 aromatic carbocycles. The SMILES string of the molecule is COC(=O)c1c(NC(=O)C(=O)NCC[NH+]2CCOCC2)sc2c1CCC2. The number of aryl methyl sites for hydroxylation is 1. The van der Waals surface area contributed by atoms with Gasteiger partial charge in [-0.25, -0.2) is 4.79 Å². The first-order chi connectivity index (χ1) is 12.6. The minimum Gasteiger partial charge on any atom is -0.465 e. The van der Waals surface area contributed by atoms with E-state index in [1.807, 2.05) is 0 Å². The van der Waals surface area contributed by atoms with Gasteiger partial charge in [-0.15, -0.1) is 11.3 Å². The van der Waals surface area contributed by atoms with Gasteiger partial charge in [-0.1, -0.05) is 0 Å². The van der Waals surface area contributed by atoms with Crippen LogP contribution in [0.4, 0.5) is 5.00 Å². The molecule has 8 nitrogen and oxygen atoms in total. The lowest BCUT2D eigenvalue weighted by Gasteiger charge is -2.23. The highest BCUT2D eigenvalue weighted by atomic mass is 32.1. The molecular weight excluding hydrogens is 358 g/mol. The Balaban J connectivity index is 1.55. The van der Waals surface area contributed by atoms with Gasteiger partial charge in [0.2, 0.25) is 0 Å². The van der Waals surface area contributed by atoms with E-state index in [2.05, 4.69) is 10.6 Å². The minimum absolute atomic E-state index is 0.393. The van der Waals surface area contributed by atoms with E-state index in [1.165, 1.54) is 23.3 Å². The number of esters is 1. The topological polar surface area (TPSA) is 98.2 Å². The van der Waals surface area contributed by atoms with E-state index in [-0.39, 0.29) is 0 Å². The van der Waals surface area contributed by atoms with E-state index in [0.717, 1.165) is 62.6 Å². The molecule has 1 saturated heterocycles. The largest absolute Gasteiger partial charge is 0.465 e. The zero-order valence-corrected chi connectivity index (χ0v) is 15.6. The highest BCUT2D eigenvalue weighted by Gasteiger charge is 2.29. The first kappa shape index (κ1) is 18.8.